The molecule has 3 rings (SSSR count). The first kappa shape index (κ1) is 11.7. The number of carbonyl (C=O) groups is 1. The summed E-state index contributed by atoms with van der Waals surface area (Å²) in [6, 6.07) is 10.1. The number of carbonyl (C=O) groups excluding carboxylic acids is 1. The highest BCUT2D eigenvalue weighted by Crippen LogP contribution is 2.38. The zero-order valence-corrected chi connectivity index (χ0v) is 10.5. The molecule has 2 heterocycles. The highest BCUT2D eigenvalue weighted by atomic mass is 32.1. The van der Waals surface area contributed by atoms with Gasteiger partial charge in [-0.15, -0.1) is 11.3 Å². The van der Waals surface area contributed by atoms with E-state index < -0.39 is 0 Å². The van der Waals surface area contributed by atoms with Gasteiger partial charge in [0.2, 0.25) is 5.78 Å². The molecule has 0 spiro atoms. The van der Waals surface area contributed by atoms with Crippen LogP contribution in [0.5, 0.6) is 11.5 Å². The van der Waals surface area contributed by atoms with Gasteiger partial charge in [0.15, 0.2) is 0 Å². The Morgan fingerprint density at radius 1 is 1.16 bits per heavy atom. The molecule has 0 saturated heterocycles. The van der Waals surface area contributed by atoms with E-state index in [2.05, 4.69) is 4.98 Å². The predicted molar refractivity (Wildman–Crippen MR) is 72.8 cm³/mol. The van der Waals surface area contributed by atoms with Crippen molar-refractivity contribution in [1.82, 2.24) is 4.98 Å². The third-order valence-corrected chi connectivity index (χ3v) is 3.85. The van der Waals surface area contributed by atoms with Gasteiger partial charge >= 0.3 is 0 Å². The Balaban J connectivity index is 2.16. The van der Waals surface area contributed by atoms with Gasteiger partial charge < -0.3 is 10.2 Å². The van der Waals surface area contributed by atoms with Gasteiger partial charge in [0.05, 0.1) is 11.6 Å². The average molecular weight is 271 g/mol. The number of benzene rings is 1. The molecule has 0 radical (unpaired) electrons. The van der Waals surface area contributed by atoms with Gasteiger partial charge in [-0.25, -0.2) is 4.98 Å². The number of aromatic nitrogens is 1. The van der Waals surface area contributed by atoms with Crippen LogP contribution in [0.25, 0.3) is 10.2 Å². The lowest BCUT2D eigenvalue weighted by molar-refractivity contribution is 0.104. The van der Waals surface area contributed by atoms with E-state index in [9.17, 15) is 15.0 Å². The van der Waals surface area contributed by atoms with Crippen LogP contribution >= 0.6 is 11.3 Å². The fourth-order valence-electron chi connectivity index (χ4n) is 1.83. The molecule has 1 aromatic carbocycles. The summed E-state index contributed by atoms with van der Waals surface area (Å²) in [5, 5.41) is 19.8. The molecule has 3 aromatic rings. The van der Waals surface area contributed by atoms with Crippen molar-refractivity contribution in [2.24, 2.45) is 0 Å². The second-order valence-electron chi connectivity index (χ2n) is 4.02. The van der Waals surface area contributed by atoms with E-state index in [1.807, 2.05) is 6.07 Å². The summed E-state index contributed by atoms with van der Waals surface area (Å²) in [6.07, 6.45) is 1.29. The minimum absolute atomic E-state index is 0.0423. The van der Waals surface area contributed by atoms with Crippen LogP contribution in [0.15, 0.2) is 42.6 Å². The van der Waals surface area contributed by atoms with Crippen LogP contribution in [0, 0.1) is 0 Å². The number of rotatable bonds is 2. The number of thiophene rings is 1. The third-order valence-electron chi connectivity index (χ3n) is 2.75. The Labute approximate surface area is 112 Å². The predicted octanol–water partition coefficient (Wildman–Crippen LogP) is 2.94. The first-order valence-corrected chi connectivity index (χ1v) is 6.38. The van der Waals surface area contributed by atoms with E-state index in [0.29, 0.717) is 15.8 Å². The molecule has 0 aliphatic carbocycles. The largest absolute Gasteiger partial charge is 0.506 e. The number of hydrogen-bond donors (Lipinski definition) is 2. The fraction of sp³-hybridized carbons (Fsp3) is 0. The fourth-order valence-corrected chi connectivity index (χ4v) is 2.82. The first-order chi connectivity index (χ1) is 9.16. The van der Waals surface area contributed by atoms with Crippen molar-refractivity contribution in [3.63, 3.8) is 0 Å². The standard InChI is InChI=1S/C14H9NO3S/c16-9-6-10-12(18)13(19-14(10)15-7-9)11(17)8-4-2-1-3-5-8/h1-7,16,18H. The molecule has 0 bridgehead atoms. The monoisotopic (exact) mass is 271 g/mol. The van der Waals surface area contributed by atoms with Crippen molar-refractivity contribution >= 4 is 27.3 Å². The Morgan fingerprint density at radius 3 is 2.63 bits per heavy atom. The molecule has 19 heavy (non-hydrogen) atoms. The third kappa shape index (κ3) is 1.94. The summed E-state index contributed by atoms with van der Waals surface area (Å²) in [7, 11) is 0. The summed E-state index contributed by atoms with van der Waals surface area (Å²) in [5.74, 6) is -0.419. The summed E-state index contributed by atoms with van der Waals surface area (Å²) in [5.41, 5.74) is 0.508. The zero-order valence-electron chi connectivity index (χ0n) is 9.70. The first-order valence-electron chi connectivity index (χ1n) is 5.57. The topological polar surface area (TPSA) is 70.4 Å². The number of nitrogens with zero attached hydrogens (tertiary/aromatic N) is 1. The molecular formula is C14H9NO3S. The Hall–Kier alpha value is -2.40. The van der Waals surface area contributed by atoms with E-state index >= 15 is 0 Å². The number of pyridine rings is 1. The SMILES string of the molecule is O=C(c1ccccc1)c1sc2ncc(O)cc2c1O. The van der Waals surface area contributed by atoms with E-state index in [4.69, 9.17) is 0 Å². The highest BCUT2D eigenvalue weighted by molar-refractivity contribution is 7.21. The summed E-state index contributed by atoms with van der Waals surface area (Å²) in [4.78, 5) is 17.0. The van der Waals surface area contributed by atoms with Gasteiger partial charge in [0, 0.05) is 5.56 Å². The second-order valence-corrected chi connectivity index (χ2v) is 5.02. The molecule has 94 valence electrons. The maximum Gasteiger partial charge on any atom is 0.206 e. The van der Waals surface area contributed by atoms with Crippen LogP contribution in [0.2, 0.25) is 0 Å². The smallest absolute Gasteiger partial charge is 0.206 e. The molecule has 0 aliphatic heterocycles. The highest BCUT2D eigenvalue weighted by Gasteiger charge is 2.20. The Morgan fingerprint density at radius 2 is 1.89 bits per heavy atom. The van der Waals surface area contributed by atoms with Gasteiger partial charge in [0.25, 0.3) is 0 Å². The van der Waals surface area contributed by atoms with Crippen LogP contribution in [0.1, 0.15) is 15.2 Å². The molecule has 4 nitrogen and oxygen atoms in total. The van der Waals surface area contributed by atoms with E-state index in [1.165, 1.54) is 12.3 Å². The minimum atomic E-state index is -0.249. The molecule has 0 amide bonds. The van der Waals surface area contributed by atoms with Crippen molar-refractivity contribution in [3.05, 3.63) is 53.0 Å². The average Bonchev–Trinajstić information content (AvgIpc) is 2.76. The number of aromatic hydroxyl groups is 2. The summed E-state index contributed by atoms with van der Waals surface area (Å²) >= 11 is 1.11. The van der Waals surface area contributed by atoms with Crippen molar-refractivity contribution in [2.45, 2.75) is 0 Å². The van der Waals surface area contributed by atoms with Gasteiger partial charge in [-0.2, -0.15) is 0 Å². The molecule has 0 fully saturated rings. The molecule has 2 aromatic heterocycles. The van der Waals surface area contributed by atoms with Gasteiger partial charge in [-0.05, 0) is 6.07 Å². The van der Waals surface area contributed by atoms with Crippen LogP contribution in [0.3, 0.4) is 0 Å². The lowest BCUT2D eigenvalue weighted by Gasteiger charge is -1.98. The molecular weight excluding hydrogens is 262 g/mol. The molecule has 0 aliphatic rings. The van der Waals surface area contributed by atoms with Crippen LogP contribution in [0.4, 0.5) is 0 Å². The van der Waals surface area contributed by atoms with Crippen LogP contribution < -0.4 is 0 Å². The lowest BCUT2D eigenvalue weighted by atomic mass is 10.1. The maximum atomic E-state index is 12.3. The Kier molecular flexibility index (Phi) is 2.68. The molecule has 2 N–H and O–H groups in total. The lowest BCUT2D eigenvalue weighted by Crippen LogP contribution is -1.97. The van der Waals surface area contributed by atoms with Gasteiger partial charge in [-0.1, -0.05) is 30.3 Å². The van der Waals surface area contributed by atoms with Gasteiger partial charge in [-0.3, -0.25) is 4.79 Å². The van der Waals surface area contributed by atoms with Gasteiger partial charge in [0.1, 0.15) is 21.2 Å². The number of ketones is 1. The van der Waals surface area contributed by atoms with Crippen molar-refractivity contribution < 1.29 is 15.0 Å². The second kappa shape index (κ2) is 4.37. The zero-order chi connectivity index (χ0) is 13.4. The van der Waals surface area contributed by atoms with E-state index in [-0.39, 0.29) is 22.2 Å². The van der Waals surface area contributed by atoms with Crippen LogP contribution in [-0.4, -0.2) is 21.0 Å². The quantitative estimate of drug-likeness (QED) is 0.703. The number of fused-ring (bicyclic) bond motifs is 1. The molecule has 0 atom stereocenters. The Bertz CT molecular complexity index is 765. The molecule has 0 saturated carbocycles. The normalized spacial score (nSPS) is 10.7. The summed E-state index contributed by atoms with van der Waals surface area (Å²) < 4.78 is 0. The number of hydrogen-bond acceptors (Lipinski definition) is 5. The van der Waals surface area contributed by atoms with Crippen LogP contribution in [-0.2, 0) is 0 Å². The maximum absolute atomic E-state index is 12.3. The molecule has 0 unspecified atom stereocenters. The van der Waals surface area contributed by atoms with Crippen molar-refractivity contribution in [3.8, 4) is 11.5 Å². The van der Waals surface area contributed by atoms with Crippen molar-refractivity contribution in [1.29, 1.82) is 0 Å². The minimum Gasteiger partial charge on any atom is -0.506 e. The van der Waals surface area contributed by atoms with E-state index in [1.54, 1.807) is 24.3 Å². The summed E-state index contributed by atoms with van der Waals surface area (Å²) in [6.45, 7) is 0. The molecule has 5 heteroatoms. The van der Waals surface area contributed by atoms with E-state index in [0.717, 1.165) is 11.3 Å². The van der Waals surface area contributed by atoms with Crippen molar-refractivity contribution in [2.75, 3.05) is 0 Å².